The van der Waals surface area contributed by atoms with Gasteiger partial charge in [0, 0.05) is 12.1 Å². The van der Waals surface area contributed by atoms with Crippen LogP contribution in [0.25, 0.3) is 16.7 Å². The first-order chi connectivity index (χ1) is 9.61. The van der Waals surface area contributed by atoms with Crippen LogP contribution in [0.4, 0.5) is 8.78 Å². The number of ether oxygens (including phenoxy) is 1. The molecule has 0 N–H and O–H groups in total. The van der Waals surface area contributed by atoms with Crippen LogP contribution in [0.3, 0.4) is 0 Å². The van der Waals surface area contributed by atoms with Gasteiger partial charge in [0.15, 0.2) is 17.2 Å². The number of hydrogen-bond donors (Lipinski definition) is 0. The lowest BCUT2D eigenvalue weighted by Crippen LogP contribution is -2.04. The van der Waals surface area contributed by atoms with Gasteiger partial charge in [0.25, 0.3) is 0 Å². The van der Waals surface area contributed by atoms with E-state index in [0.717, 1.165) is 12.1 Å². The molecule has 0 unspecified atom stereocenters. The molecule has 0 radical (unpaired) electrons. The second-order valence-corrected chi connectivity index (χ2v) is 4.25. The molecule has 2 heterocycles. The van der Waals surface area contributed by atoms with Crippen molar-refractivity contribution in [3.05, 3.63) is 41.4 Å². The van der Waals surface area contributed by atoms with Crippen LogP contribution in [0.1, 0.15) is 0 Å². The number of nitrogens with zero attached hydrogens (tertiary/aromatic N) is 4. The van der Waals surface area contributed by atoms with Crippen molar-refractivity contribution in [2.75, 3.05) is 7.11 Å². The molecule has 0 atom stereocenters. The first kappa shape index (κ1) is 12.7. The molecular weight excluding hydrogens is 290 g/mol. The van der Waals surface area contributed by atoms with Crippen LogP contribution >= 0.6 is 11.6 Å². The Labute approximate surface area is 116 Å². The van der Waals surface area contributed by atoms with Gasteiger partial charge >= 0.3 is 0 Å². The van der Waals surface area contributed by atoms with Gasteiger partial charge in [-0.2, -0.15) is 5.10 Å². The van der Waals surface area contributed by atoms with Crippen molar-refractivity contribution in [3.8, 4) is 11.4 Å². The van der Waals surface area contributed by atoms with Crippen LogP contribution in [0, 0.1) is 11.6 Å². The zero-order valence-electron chi connectivity index (χ0n) is 10.1. The van der Waals surface area contributed by atoms with E-state index in [2.05, 4.69) is 15.1 Å². The van der Waals surface area contributed by atoms with Crippen molar-refractivity contribution < 1.29 is 13.5 Å². The minimum absolute atomic E-state index is 0.00207. The predicted octanol–water partition coefficient (Wildman–Crippen LogP) is 2.76. The van der Waals surface area contributed by atoms with Crippen molar-refractivity contribution >= 4 is 22.6 Å². The van der Waals surface area contributed by atoms with Crippen molar-refractivity contribution in [2.24, 2.45) is 0 Å². The van der Waals surface area contributed by atoms with Crippen LogP contribution in [-0.2, 0) is 0 Å². The molecule has 3 aromatic rings. The quantitative estimate of drug-likeness (QED) is 0.682. The fourth-order valence-electron chi connectivity index (χ4n) is 1.88. The van der Waals surface area contributed by atoms with E-state index in [1.165, 1.54) is 24.3 Å². The van der Waals surface area contributed by atoms with E-state index in [1.807, 2.05) is 0 Å². The average molecular weight is 297 g/mol. The standard InChI is InChI=1S/C12H7ClF2N4O/c1-20-9-3-6(14)2-8(15)10(9)19-12-7(4-18-19)11(13)16-5-17-12/h2-5H,1H3. The molecule has 8 heteroatoms. The van der Waals surface area contributed by atoms with E-state index >= 15 is 0 Å². The summed E-state index contributed by atoms with van der Waals surface area (Å²) in [5, 5.41) is 4.67. The molecule has 0 spiro atoms. The molecule has 5 nitrogen and oxygen atoms in total. The monoisotopic (exact) mass is 296 g/mol. The predicted molar refractivity (Wildman–Crippen MR) is 68.1 cm³/mol. The number of benzene rings is 1. The molecule has 0 bridgehead atoms. The highest BCUT2D eigenvalue weighted by molar-refractivity contribution is 6.33. The molecule has 0 aliphatic rings. The molecule has 0 aliphatic carbocycles. The molecule has 3 rings (SSSR count). The molecule has 102 valence electrons. The largest absolute Gasteiger partial charge is 0.494 e. The third-order valence-electron chi connectivity index (χ3n) is 2.74. The van der Waals surface area contributed by atoms with E-state index in [1.54, 1.807) is 0 Å². The molecule has 0 fully saturated rings. The third kappa shape index (κ3) is 1.87. The van der Waals surface area contributed by atoms with Gasteiger partial charge in [0.05, 0.1) is 18.7 Å². The van der Waals surface area contributed by atoms with E-state index in [-0.39, 0.29) is 16.6 Å². The zero-order chi connectivity index (χ0) is 14.3. The maximum Gasteiger partial charge on any atom is 0.168 e. The Balaban J connectivity index is 2.34. The van der Waals surface area contributed by atoms with Crippen LogP contribution in [0.2, 0.25) is 5.15 Å². The summed E-state index contributed by atoms with van der Waals surface area (Å²) in [4.78, 5) is 7.82. The maximum atomic E-state index is 14.0. The molecule has 1 aromatic carbocycles. The molecule has 0 aliphatic heterocycles. The Hall–Kier alpha value is -2.28. The molecule has 20 heavy (non-hydrogen) atoms. The van der Waals surface area contributed by atoms with Gasteiger partial charge in [-0.1, -0.05) is 11.6 Å². The Morgan fingerprint density at radius 1 is 1.25 bits per heavy atom. The van der Waals surface area contributed by atoms with Gasteiger partial charge in [-0.3, -0.25) is 0 Å². The lowest BCUT2D eigenvalue weighted by molar-refractivity contribution is 0.403. The number of halogens is 3. The number of fused-ring (bicyclic) bond motifs is 1. The van der Waals surface area contributed by atoms with E-state index in [9.17, 15) is 8.78 Å². The smallest absolute Gasteiger partial charge is 0.168 e. The fourth-order valence-corrected chi connectivity index (χ4v) is 2.06. The van der Waals surface area contributed by atoms with Gasteiger partial charge in [-0.25, -0.2) is 23.4 Å². The number of aromatic nitrogens is 4. The van der Waals surface area contributed by atoms with Crippen molar-refractivity contribution in [1.82, 2.24) is 19.7 Å². The van der Waals surface area contributed by atoms with Crippen LogP contribution in [0.15, 0.2) is 24.7 Å². The third-order valence-corrected chi connectivity index (χ3v) is 3.04. The van der Waals surface area contributed by atoms with E-state index in [4.69, 9.17) is 16.3 Å². The first-order valence-electron chi connectivity index (χ1n) is 5.49. The summed E-state index contributed by atoms with van der Waals surface area (Å²) in [7, 11) is 1.31. The van der Waals surface area contributed by atoms with Crippen molar-refractivity contribution in [2.45, 2.75) is 0 Å². The molecule has 0 amide bonds. The van der Waals surface area contributed by atoms with Gasteiger partial charge in [0.2, 0.25) is 0 Å². The molecular formula is C12H7ClF2N4O. The lowest BCUT2D eigenvalue weighted by atomic mass is 10.2. The van der Waals surface area contributed by atoms with Gasteiger partial charge < -0.3 is 4.74 Å². The SMILES string of the molecule is COc1cc(F)cc(F)c1-n1ncc2c(Cl)ncnc21. The van der Waals surface area contributed by atoms with Crippen LogP contribution in [-0.4, -0.2) is 26.9 Å². The highest BCUT2D eigenvalue weighted by atomic mass is 35.5. The zero-order valence-corrected chi connectivity index (χ0v) is 10.9. The molecule has 0 saturated carbocycles. The molecule has 2 aromatic heterocycles. The Bertz CT molecular complexity index is 805. The van der Waals surface area contributed by atoms with E-state index < -0.39 is 11.6 Å². The van der Waals surface area contributed by atoms with Crippen molar-refractivity contribution in [3.63, 3.8) is 0 Å². The Morgan fingerprint density at radius 3 is 2.80 bits per heavy atom. The maximum absolute atomic E-state index is 14.0. The second kappa shape index (κ2) is 4.68. The summed E-state index contributed by atoms with van der Waals surface area (Å²) in [6, 6.07) is 1.81. The number of methoxy groups -OCH3 is 1. The minimum Gasteiger partial charge on any atom is -0.494 e. The average Bonchev–Trinajstić information content (AvgIpc) is 2.83. The van der Waals surface area contributed by atoms with E-state index in [0.29, 0.717) is 11.0 Å². The second-order valence-electron chi connectivity index (χ2n) is 3.90. The summed E-state index contributed by atoms with van der Waals surface area (Å²) >= 11 is 5.91. The highest BCUT2D eigenvalue weighted by Gasteiger charge is 2.18. The summed E-state index contributed by atoms with van der Waals surface area (Å²) in [6.45, 7) is 0. The normalized spacial score (nSPS) is 11.0. The van der Waals surface area contributed by atoms with Crippen molar-refractivity contribution in [1.29, 1.82) is 0 Å². The first-order valence-corrected chi connectivity index (χ1v) is 5.87. The summed E-state index contributed by atoms with van der Waals surface area (Å²) < 4.78 is 33.4. The summed E-state index contributed by atoms with van der Waals surface area (Å²) in [5.41, 5.74) is 0.257. The summed E-state index contributed by atoms with van der Waals surface area (Å²) in [5.74, 6) is -1.56. The number of rotatable bonds is 2. The van der Waals surface area contributed by atoms with Gasteiger partial charge in [-0.15, -0.1) is 0 Å². The lowest BCUT2D eigenvalue weighted by Gasteiger charge is -2.10. The summed E-state index contributed by atoms with van der Waals surface area (Å²) in [6.07, 6.45) is 2.64. The van der Waals surface area contributed by atoms with Gasteiger partial charge in [0.1, 0.15) is 23.0 Å². The minimum atomic E-state index is -0.818. The van der Waals surface area contributed by atoms with Crippen LogP contribution in [0.5, 0.6) is 5.75 Å². The number of hydrogen-bond acceptors (Lipinski definition) is 4. The Kier molecular flexibility index (Phi) is 2.98. The fraction of sp³-hybridized carbons (Fsp3) is 0.0833. The highest BCUT2D eigenvalue weighted by Crippen LogP contribution is 2.30. The topological polar surface area (TPSA) is 52.8 Å². The molecule has 0 saturated heterocycles. The van der Waals surface area contributed by atoms with Crippen LogP contribution < -0.4 is 4.74 Å². The van der Waals surface area contributed by atoms with Gasteiger partial charge in [-0.05, 0) is 0 Å². The Morgan fingerprint density at radius 2 is 2.05 bits per heavy atom.